The molecule has 1 aliphatic rings. The van der Waals surface area contributed by atoms with Crippen molar-refractivity contribution in [2.45, 2.75) is 38.8 Å². The van der Waals surface area contributed by atoms with E-state index in [9.17, 15) is 0 Å². The Bertz CT molecular complexity index is 584. The summed E-state index contributed by atoms with van der Waals surface area (Å²) in [6, 6.07) is 6.65. The van der Waals surface area contributed by atoms with Crippen LogP contribution in [-0.2, 0) is 0 Å². The molecule has 1 saturated heterocycles. The van der Waals surface area contributed by atoms with Gasteiger partial charge in [0, 0.05) is 24.6 Å². The van der Waals surface area contributed by atoms with Crippen LogP contribution in [0, 0.1) is 0 Å². The highest BCUT2D eigenvalue weighted by atomic mass is 15.2. The third-order valence-corrected chi connectivity index (χ3v) is 3.91. The number of nitrogens with zero attached hydrogens (tertiary/aromatic N) is 4. The van der Waals surface area contributed by atoms with Crippen LogP contribution in [0.4, 0.5) is 11.6 Å². The molecular weight excluding hydrogens is 262 g/mol. The number of anilines is 2. The first-order chi connectivity index (χ1) is 10.3. The summed E-state index contributed by atoms with van der Waals surface area (Å²) in [5.41, 5.74) is 1.02. The van der Waals surface area contributed by atoms with Gasteiger partial charge in [0.15, 0.2) is 5.82 Å². The van der Waals surface area contributed by atoms with Crippen molar-refractivity contribution >= 4 is 11.6 Å². The van der Waals surface area contributed by atoms with Gasteiger partial charge < -0.3 is 5.32 Å². The zero-order chi connectivity index (χ0) is 14.7. The number of pyridine rings is 1. The zero-order valence-corrected chi connectivity index (χ0v) is 12.5. The summed E-state index contributed by atoms with van der Waals surface area (Å²) in [5.74, 6) is 1.61. The zero-order valence-electron chi connectivity index (χ0n) is 12.5. The van der Waals surface area contributed by atoms with Crippen molar-refractivity contribution in [3.63, 3.8) is 0 Å². The van der Waals surface area contributed by atoms with Gasteiger partial charge in [-0.25, -0.2) is 9.97 Å². The Morgan fingerprint density at radius 1 is 1.14 bits per heavy atom. The van der Waals surface area contributed by atoms with Crippen molar-refractivity contribution in [1.82, 2.24) is 19.9 Å². The molecule has 5 nitrogen and oxygen atoms in total. The van der Waals surface area contributed by atoms with E-state index in [1.807, 2.05) is 18.2 Å². The predicted octanol–water partition coefficient (Wildman–Crippen LogP) is 3.16. The second-order valence-corrected chi connectivity index (χ2v) is 5.62. The lowest BCUT2D eigenvalue weighted by atomic mass is 10.1. The van der Waals surface area contributed by atoms with E-state index in [0.29, 0.717) is 12.1 Å². The molecule has 3 heterocycles. The molecule has 0 bridgehead atoms. The monoisotopic (exact) mass is 283 g/mol. The molecule has 0 saturated carbocycles. The Balaban J connectivity index is 1.89. The van der Waals surface area contributed by atoms with E-state index in [1.54, 1.807) is 18.6 Å². The number of aromatic nitrogens is 3. The van der Waals surface area contributed by atoms with Crippen molar-refractivity contribution in [1.29, 1.82) is 0 Å². The van der Waals surface area contributed by atoms with Gasteiger partial charge in [0.25, 0.3) is 0 Å². The fraction of sp³-hybridized carbons (Fsp3) is 0.438. The molecule has 0 aliphatic carbocycles. The summed E-state index contributed by atoms with van der Waals surface area (Å²) in [7, 11) is 0. The van der Waals surface area contributed by atoms with E-state index >= 15 is 0 Å². The van der Waals surface area contributed by atoms with Gasteiger partial charge in [0.05, 0.1) is 6.04 Å². The summed E-state index contributed by atoms with van der Waals surface area (Å²) in [6.45, 7) is 5.60. The molecule has 0 radical (unpaired) electrons. The van der Waals surface area contributed by atoms with E-state index in [-0.39, 0.29) is 0 Å². The quantitative estimate of drug-likeness (QED) is 0.934. The Hall–Kier alpha value is -2.01. The van der Waals surface area contributed by atoms with Gasteiger partial charge in [-0.3, -0.25) is 9.88 Å². The van der Waals surface area contributed by atoms with Gasteiger partial charge in [0.2, 0.25) is 0 Å². The van der Waals surface area contributed by atoms with Gasteiger partial charge in [-0.1, -0.05) is 6.07 Å². The molecule has 0 aromatic carbocycles. The van der Waals surface area contributed by atoms with Gasteiger partial charge in [0.1, 0.15) is 11.5 Å². The molecule has 0 spiro atoms. The van der Waals surface area contributed by atoms with Crippen LogP contribution in [0.25, 0.3) is 0 Å². The summed E-state index contributed by atoms with van der Waals surface area (Å²) in [6.07, 6.45) is 7.61. The minimum Gasteiger partial charge on any atom is -0.323 e. The fourth-order valence-corrected chi connectivity index (χ4v) is 2.95. The molecule has 1 atom stereocenters. The van der Waals surface area contributed by atoms with Crippen molar-refractivity contribution in [3.8, 4) is 0 Å². The molecule has 1 N–H and O–H groups in total. The predicted molar refractivity (Wildman–Crippen MR) is 83.4 cm³/mol. The maximum absolute atomic E-state index is 4.60. The van der Waals surface area contributed by atoms with Gasteiger partial charge in [-0.15, -0.1) is 0 Å². The van der Waals surface area contributed by atoms with Crippen LogP contribution in [-0.4, -0.2) is 32.4 Å². The molecule has 110 valence electrons. The third kappa shape index (κ3) is 3.03. The SMILES string of the molecule is CC(C)N1CCCC1c1nccnc1Nc1ccccn1. The van der Waals surface area contributed by atoms with Crippen LogP contribution in [0.3, 0.4) is 0 Å². The van der Waals surface area contributed by atoms with E-state index in [4.69, 9.17) is 0 Å². The first kappa shape index (κ1) is 13.9. The van der Waals surface area contributed by atoms with Crippen LogP contribution >= 0.6 is 0 Å². The van der Waals surface area contributed by atoms with Crippen molar-refractivity contribution in [3.05, 3.63) is 42.5 Å². The Morgan fingerprint density at radius 3 is 2.76 bits per heavy atom. The summed E-state index contributed by atoms with van der Waals surface area (Å²) in [4.78, 5) is 15.9. The first-order valence-electron chi connectivity index (χ1n) is 7.50. The number of rotatable bonds is 4. The number of hydrogen-bond acceptors (Lipinski definition) is 5. The topological polar surface area (TPSA) is 53.9 Å². The minimum atomic E-state index is 0.338. The Labute approximate surface area is 125 Å². The molecule has 1 unspecified atom stereocenters. The lowest BCUT2D eigenvalue weighted by Crippen LogP contribution is -2.31. The standard InChI is InChI=1S/C16H21N5/c1-12(2)21-11-5-6-13(21)15-16(19-10-9-18-15)20-14-7-3-4-8-17-14/h3-4,7-10,12-13H,5-6,11H2,1-2H3,(H,17,19,20). The molecule has 3 rings (SSSR count). The summed E-state index contributed by atoms with van der Waals surface area (Å²) >= 11 is 0. The van der Waals surface area contributed by atoms with Crippen LogP contribution < -0.4 is 5.32 Å². The largest absolute Gasteiger partial charge is 0.323 e. The maximum atomic E-state index is 4.60. The summed E-state index contributed by atoms with van der Waals surface area (Å²) in [5, 5.41) is 3.30. The normalized spacial score (nSPS) is 19.1. The van der Waals surface area contributed by atoms with E-state index in [0.717, 1.165) is 30.3 Å². The maximum Gasteiger partial charge on any atom is 0.154 e. The highest BCUT2D eigenvalue weighted by molar-refractivity contribution is 5.54. The van der Waals surface area contributed by atoms with E-state index < -0.39 is 0 Å². The Morgan fingerprint density at radius 2 is 2.00 bits per heavy atom. The molecule has 21 heavy (non-hydrogen) atoms. The summed E-state index contributed by atoms with van der Waals surface area (Å²) < 4.78 is 0. The van der Waals surface area contributed by atoms with Crippen LogP contribution in [0.2, 0.25) is 0 Å². The van der Waals surface area contributed by atoms with Crippen LogP contribution in [0.5, 0.6) is 0 Å². The van der Waals surface area contributed by atoms with E-state index in [2.05, 4.69) is 39.0 Å². The number of nitrogens with one attached hydrogen (secondary N) is 1. The molecule has 1 fully saturated rings. The lowest BCUT2D eigenvalue weighted by molar-refractivity contribution is 0.202. The van der Waals surface area contributed by atoms with Gasteiger partial charge in [-0.05, 0) is 45.4 Å². The number of likely N-dealkylation sites (tertiary alicyclic amines) is 1. The Kier molecular flexibility index (Phi) is 4.10. The molecule has 2 aromatic heterocycles. The first-order valence-corrected chi connectivity index (χ1v) is 7.50. The average Bonchev–Trinajstić information content (AvgIpc) is 2.98. The molecule has 5 heteroatoms. The third-order valence-electron chi connectivity index (χ3n) is 3.91. The second-order valence-electron chi connectivity index (χ2n) is 5.62. The molecular formula is C16H21N5. The van der Waals surface area contributed by atoms with E-state index in [1.165, 1.54) is 6.42 Å². The molecule has 2 aromatic rings. The van der Waals surface area contributed by atoms with Gasteiger partial charge in [-0.2, -0.15) is 0 Å². The van der Waals surface area contributed by atoms with Gasteiger partial charge >= 0.3 is 0 Å². The highest BCUT2D eigenvalue weighted by Crippen LogP contribution is 2.35. The second kappa shape index (κ2) is 6.18. The lowest BCUT2D eigenvalue weighted by Gasteiger charge is -2.28. The minimum absolute atomic E-state index is 0.338. The fourth-order valence-electron chi connectivity index (χ4n) is 2.95. The van der Waals surface area contributed by atoms with Crippen molar-refractivity contribution in [2.75, 3.05) is 11.9 Å². The average molecular weight is 283 g/mol. The van der Waals surface area contributed by atoms with Crippen molar-refractivity contribution in [2.24, 2.45) is 0 Å². The molecule has 0 amide bonds. The molecule has 1 aliphatic heterocycles. The van der Waals surface area contributed by atoms with Crippen LogP contribution in [0.15, 0.2) is 36.8 Å². The van der Waals surface area contributed by atoms with Crippen LogP contribution in [0.1, 0.15) is 38.4 Å². The highest BCUT2D eigenvalue weighted by Gasteiger charge is 2.31. The number of hydrogen-bond donors (Lipinski definition) is 1. The smallest absolute Gasteiger partial charge is 0.154 e. The van der Waals surface area contributed by atoms with Crippen molar-refractivity contribution < 1.29 is 0 Å².